The second-order valence-corrected chi connectivity index (χ2v) is 1.37. The van der Waals surface area contributed by atoms with Gasteiger partial charge >= 0.3 is 0 Å². The lowest BCUT2D eigenvalue weighted by Gasteiger charge is -1.93. The Hall–Kier alpha value is -0.980. The summed E-state index contributed by atoms with van der Waals surface area (Å²) in [6.45, 7) is 0. The van der Waals surface area contributed by atoms with Crippen molar-refractivity contribution in [1.29, 1.82) is 0 Å². The van der Waals surface area contributed by atoms with Crippen molar-refractivity contribution in [2.45, 2.75) is 0 Å². The molecule has 0 saturated carbocycles. The molecule has 0 saturated heterocycles. The van der Waals surface area contributed by atoms with E-state index in [1.165, 1.54) is 13.2 Å². The summed E-state index contributed by atoms with van der Waals surface area (Å²) in [6.07, 6.45) is 0. The van der Waals surface area contributed by atoms with Crippen molar-refractivity contribution < 1.29 is 7.48 Å². The zero-order valence-corrected chi connectivity index (χ0v) is 4.64. The summed E-state index contributed by atoms with van der Waals surface area (Å²) < 4.78 is 19.2. The van der Waals surface area contributed by atoms with Crippen molar-refractivity contribution in [3.63, 3.8) is 0 Å². The number of rotatable bonds is 1. The zero-order valence-electron chi connectivity index (χ0n) is 6.64. The maximum atomic E-state index is 7.18. The zero-order chi connectivity index (χ0) is 7.56. The number of para-hydroxylation sites is 1. The molecule has 0 aromatic heterocycles. The van der Waals surface area contributed by atoms with Crippen molar-refractivity contribution in [1.82, 2.24) is 0 Å². The molecule has 0 bridgehead atoms. The Morgan fingerprint density at radius 1 is 1.50 bits per heavy atom. The van der Waals surface area contributed by atoms with Crippen LogP contribution in [-0.4, -0.2) is 7.11 Å². The van der Waals surface area contributed by atoms with E-state index in [9.17, 15) is 0 Å². The first-order valence-corrected chi connectivity index (χ1v) is 2.34. The van der Waals surface area contributed by atoms with Gasteiger partial charge < -0.3 is 4.74 Å². The van der Waals surface area contributed by atoms with Crippen LogP contribution in [-0.2, 0) is 0 Å². The normalized spacial score (nSPS) is 12.1. The van der Waals surface area contributed by atoms with Crippen molar-refractivity contribution in [2.75, 3.05) is 7.11 Å². The topological polar surface area (TPSA) is 9.23 Å². The van der Waals surface area contributed by atoms with E-state index < -0.39 is 0 Å². The molecular formula is C7H8O. The minimum Gasteiger partial charge on any atom is -0.497 e. The van der Waals surface area contributed by atoms with Crippen LogP contribution < -0.4 is 4.74 Å². The third-order valence-electron chi connectivity index (χ3n) is 0.854. The maximum absolute atomic E-state index is 7.18. The molecule has 0 heterocycles. The summed E-state index contributed by atoms with van der Waals surface area (Å²) in [6, 6.07) is 5.22. The Kier molecular flexibility index (Phi) is 0.922. The average Bonchev–Trinajstić information content (AvgIpc) is 1.85. The Morgan fingerprint density at radius 2 is 2.12 bits per heavy atom. The molecule has 1 heteroatoms. The lowest BCUT2D eigenvalue weighted by atomic mass is 10.3. The maximum Gasteiger partial charge on any atom is 0.118 e. The molecule has 42 valence electrons. The van der Waals surface area contributed by atoms with Gasteiger partial charge in [0.15, 0.2) is 0 Å². The third kappa shape index (κ3) is 0.997. The lowest BCUT2D eigenvalue weighted by Crippen LogP contribution is -1.78. The quantitative estimate of drug-likeness (QED) is 0.534. The van der Waals surface area contributed by atoms with Crippen LogP contribution in [0.3, 0.4) is 0 Å². The molecule has 0 unspecified atom stereocenters. The Morgan fingerprint density at radius 3 is 2.62 bits per heavy atom. The predicted molar refractivity (Wildman–Crippen MR) is 33.0 cm³/mol. The van der Waals surface area contributed by atoms with Gasteiger partial charge in [0.25, 0.3) is 0 Å². The molecule has 0 aliphatic rings. The van der Waals surface area contributed by atoms with Crippen LogP contribution in [0.25, 0.3) is 0 Å². The Labute approximate surface area is 51.7 Å². The van der Waals surface area contributed by atoms with Crippen molar-refractivity contribution in [3.05, 3.63) is 30.3 Å². The van der Waals surface area contributed by atoms with Crippen LogP contribution in [0.2, 0.25) is 0 Å². The molecule has 0 fully saturated rings. The van der Waals surface area contributed by atoms with E-state index in [4.69, 9.17) is 7.48 Å². The highest BCUT2D eigenvalue weighted by molar-refractivity contribution is 5.20. The van der Waals surface area contributed by atoms with Crippen molar-refractivity contribution in [3.8, 4) is 5.75 Å². The molecular weight excluding hydrogens is 100 g/mol. The average molecular weight is 110 g/mol. The van der Waals surface area contributed by atoms with Gasteiger partial charge in [-0.1, -0.05) is 18.2 Å². The lowest BCUT2D eigenvalue weighted by molar-refractivity contribution is 0.415. The van der Waals surface area contributed by atoms with Gasteiger partial charge in [-0.2, -0.15) is 0 Å². The molecule has 8 heavy (non-hydrogen) atoms. The number of ether oxygens (including phenoxy) is 1. The predicted octanol–water partition coefficient (Wildman–Crippen LogP) is 1.70. The summed E-state index contributed by atoms with van der Waals surface area (Å²) in [7, 11) is 1.52. The Bertz CT molecular complexity index is 215. The number of hydrogen-bond donors (Lipinski definition) is 0. The summed E-state index contributed by atoms with van der Waals surface area (Å²) in [5.41, 5.74) is 0. The van der Waals surface area contributed by atoms with Crippen molar-refractivity contribution >= 4 is 0 Å². The van der Waals surface area contributed by atoms with Crippen LogP contribution in [0.1, 0.15) is 2.74 Å². The first kappa shape index (κ1) is 3.13. The molecule has 0 aliphatic carbocycles. The van der Waals surface area contributed by atoms with Gasteiger partial charge in [-0.15, -0.1) is 0 Å². The monoisotopic (exact) mass is 110 g/mol. The van der Waals surface area contributed by atoms with E-state index >= 15 is 0 Å². The van der Waals surface area contributed by atoms with Crippen LogP contribution in [0, 0.1) is 0 Å². The van der Waals surface area contributed by atoms with Crippen molar-refractivity contribution in [2.24, 2.45) is 0 Å². The van der Waals surface area contributed by atoms with E-state index in [0.29, 0.717) is 17.8 Å². The largest absolute Gasteiger partial charge is 0.497 e. The first-order valence-electron chi connectivity index (χ1n) is 3.34. The molecule has 0 N–H and O–H groups in total. The highest BCUT2D eigenvalue weighted by atomic mass is 16.5. The van der Waals surface area contributed by atoms with Gasteiger partial charge in [0.1, 0.15) is 5.75 Å². The summed E-state index contributed by atoms with van der Waals surface area (Å²) in [4.78, 5) is 0. The summed E-state index contributed by atoms with van der Waals surface area (Å²) in [5.74, 6) is 0.567. The third-order valence-corrected chi connectivity index (χ3v) is 0.854. The highest BCUT2D eigenvalue weighted by Crippen LogP contribution is 2.05. The molecule has 0 aliphatic heterocycles. The van der Waals surface area contributed by atoms with Crippen LogP contribution >= 0.6 is 0 Å². The van der Waals surface area contributed by atoms with E-state index in [-0.39, 0.29) is 0 Å². The van der Waals surface area contributed by atoms with Crippen LogP contribution in [0.15, 0.2) is 30.3 Å². The van der Waals surface area contributed by atoms with E-state index in [2.05, 4.69) is 0 Å². The molecule has 0 radical (unpaired) electrons. The van der Waals surface area contributed by atoms with Gasteiger partial charge in [-0.3, -0.25) is 0 Å². The van der Waals surface area contributed by atoms with Gasteiger partial charge in [0.05, 0.1) is 9.85 Å². The fourth-order valence-corrected chi connectivity index (χ4v) is 0.455. The van der Waals surface area contributed by atoms with Gasteiger partial charge in [-0.05, 0) is 12.1 Å². The standard InChI is InChI=1S/C7H8O/c1-8-7-5-3-2-4-6-7/h2-6H,1H3/i3D,4D. The molecule has 1 nitrogen and oxygen atoms in total. The second-order valence-electron chi connectivity index (χ2n) is 1.37. The molecule has 1 aromatic rings. The molecule has 0 amide bonds. The summed E-state index contributed by atoms with van der Waals surface area (Å²) >= 11 is 0. The fourth-order valence-electron chi connectivity index (χ4n) is 0.455. The van der Waals surface area contributed by atoms with Gasteiger partial charge in [0.2, 0.25) is 0 Å². The Balaban J connectivity index is 3.06. The number of benzene rings is 1. The smallest absolute Gasteiger partial charge is 0.118 e. The van der Waals surface area contributed by atoms with Gasteiger partial charge in [-0.25, -0.2) is 0 Å². The van der Waals surface area contributed by atoms with E-state index in [1.54, 1.807) is 12.1 Å². The number of hydrogen-bond acceptors (Lipinski definition) is 1. The molecule has 0 spiro atoms. The first-order chi connectivity index (χ1) is 4.72. The fraction of sp³-hybridized carbons (Fsp3) is 0.143. The van der Waals surface area contributed by atoms with Gasteiger partial charge in [0, 0.05) is 0 Å². The SMILES string of the molecule is [2H]c1cc([2H])cc(OC)c1. The minimum absolute atomic E-state index is 0.310. The number of methoxy groups -OCH3 is 1. The van der Waals surface area contributed by atoms with E-state index in [1.807, 2.05) is 0 Å². The highest BCUT2D eigenvalue weighted by Gasteiger charge is 1.80. The second kappa shape index (κ2) is 2.36. The van der Waals surface area contributed by atoms with Crippen LogP contribution in [0.5, 0.6) is 5.75 Å². The summed E-state index contributed by atoms with van der Waals surface area (Å²) in [5, 5.41) is 0. The van der Waals surface area contributed by atoms with Crippen LogP contribution in [0.4, 0.5) is 0 Å². The molecule has 1 aromatic carbocycles. The molecule has 1 rings (SSSR count). The van der Waals surface area contributed by atoms with E-state index in [0.717, 1.165) is 0 Å². The molecule has 0 atom stereocenters. The minimum atomic E-state index is 0.310.